The normalized spacial score (nSPS) is 10.8. The highest BCUT2D eigenvalue weighted by molar-refractivity contribution is 9.10. The minimum Gasteiger partial charge on any atom is -0.383 e. The van der Waals surface area contributed by atoms with Gasteiger partial charge in [0.05, 0.1) is 6.61 Å². The van der Waals surface area contributed by atoms with Gasteiger partial charge in [-0.1, -0.05) is 40.2 Å². The lowest BCUT2D eigenvalue weighted by Crippen LogP contribution is -2.18. The van der Waals surface area contributed by atoms with Crippen LogP contribution in [0.25, 0.3) is 0 Å². The topological polar surface area (TPSA) is 21.3 Å². The first kappa shape index (κ1) is 16.6. The Hall–Kier alpha value is -0.810. The molecule has 2 rings (SSSR count). The molecule has 0 aliphatic rings. The molecule has 0 unspecified atom stereocenters. The maximum absolute atomic E-state index is 5.01. The summed E-state index contributed by atoms with van der Waals surface area (Å²) in [5.74, 6) is 0.991. The van der Waals surface area contributed by atoms with Gasteiger partial charge in [0.15, 0.2) is 0 Å². The number of methoxy groups -OCH3 is 1. The number of benzene rings is 2. The van der Waals surface area contributed by atoms with Crippen molar-refractivity contribution in [3.63, 3.8) is 0 Å². The second-order valence-corrected chi connectivity index (χ2v) is 6.70. The number of rotatable bonds is 8. The predicted molar refractivity (Wildman–Crippen MR) is 93.7 cm³/mol. The molecule has 0 aromatic heterocycles. The molecule has 0 bridgehead atoms. The number of halogens is 1. The van der Waals surface area contributed by atoms with Crippen molar-refractivity contribution >= 4 is 27.7 Å². The first-order valence-corrected chi connectivity index (χ1v) is 8.71. The van der Waals surface area contributed by atoms with Gasteiger partial charge in [-0.05, 0) is 35.4 Å². The first-order valence-electron chi connectivity index (χ1n) is 6.94. The van der Waals surface area contributed by atoms with Gasteiger partial charge in [0.1, 0.15) is 0 Å². The summed E-state index contributed by atoms with van der Waals surface area (Å²) < 4.78 is 6.15. The van der Waals surface area contributed by atoms with Crippen molar-refractivity contribution < 1.29 is 4.74 Å². The van der Waals surface area contributed by atoms with Gasteiger partial charge in [-0.3, -0.25) is 0 Å². The van der Waals surface area contributed by atoms with Gasteiger partial charge in [-0.25, -0.2) is 0 Å². The number of thioether (sulfide) groups is 1. The summed E-state index contributed by atoms with van der Waals surface area (Å²) in [4.78, 5) is 1.30. The van der Waals surface area contributed by atoms with Crippen LogP contribution in [-0.4, -0.2) is 20.3 Å². The average molecular weight is 366 g/mol. The molecule has 0 fully saturated rings. The van der Waals surface area contributed by atoms with E-state index in [1.54, 1.807) is 7.11 Å². The second kappa shape index (κ2) is 9.26. The molecule has 0 amide bonds. The zero-order chi connectivity index (χ0) is 14.9. The third-order valence-electron chi connectivity index (χ3n) is 3.03. The van der Waals surface area contributed by atoms with Gasteiger partial charge in [-0.15, -0.1) is 11.8 Å². The van der Waals surface area contributed by atoms with Gasteiger partial charge in [0.2, 0.25) is 0 Å². The van der Waals surface area contributed by atoms with E-state index in [4.69, 9.17) is 4.74 Å². The fourth-order valence-corrected chi connectivity index (χ4v) is 3.19. The summed E-state index contributed by atoms with van der Waals surface area (Å²) in [6.45, 7) is 2.52. The third-order valence-corrected chi connectivity index (χ3v) is 4.61. The van der Waals surface area contributed by atoms with E-state index in [-0.39, 0.29) is 0 Å². The smallest absolute Gasteiger partial charge is 0.0587 e. The Labute approximate surface area is 139 Å². The molecule has 0 saturated heterocycles. The van der Waals surface area contributed by atoms with Gasteiger partial charge < -0.3 is 10.1 Å². The number of hydrogen-bond acceptors (Lipinski definition) is 3. The molecule has 0 radical (unpaired) electrons. The van der Waals surface area contributed by atoms with E-state index in [1.807, 2.05) is 11.8 Å². The van der Waals surface area contributed by atoms with Crippen LogP contribution in [0.2, 0.25) is 0 Å². The van der Waals surface area contributed by atoms with Crippen molar-refractivity contribution in [3.8, 4) is 0 Å². The molecule has 2 aromatic carbocycles. The zero-order valence-corrected chi connectivity index (χ0v) is 14.5. The lowest BCUT2D eigenvalue weighted by atomic mass is 10.2. The summed E-state index contributed by atoms with van der Waals surface area (Å²) >= 11 is 5.37. The number of ether oxygens (including phenoxy) is 1. The van der Waals surface area contributed by atoms with E-state index in [9.17, 15) is 0 Å². The van der Waals surface area contributed by atoms with E-state index < -0.39 is 0 Å². The van der Waals surface area contributed by atoms with Crippen LogP contribution in [0.1, 0.15) is 11.1 Å². The number of nitrogens with one attached hydrogen (secondary N) is 1. The summed E-state index contributed by atoms with van der Waals surface area (Å²) in [7, 11) is 1.72. The minimum absolute atomic E-state index is 0.751. The van der Waals surface area contributed by atoms with E-state index >= 15 is 0 Å². The molecule has 0 atom stereocenters. The van der Waals surface area contributed by atoms with Crippen LogP contribution in [-0.2, 0) is 17.0 Å². The molecule has 2 nitrogen and oxygen atoms in total. The Bertz CT molecular complexity index is 545. The average Bonchev–Trinajstić information content (AvgIpc) is 2.51. The molecule has 21 heavy (non-hydrogen) atoms. The molecule has 4 heteroatoms. The fourth-order valence-electron chi connectivity index (χ4n) is 1.90. The van der Waals surface area contributed by atoms with Crippen molar-refractivity contribution in [2.24, 2.45) is 0 Å². The van der Waals surface area contributed by atoms with Crippen LogP contribution in [0, 0.1) is 0 Å². The van der Waals surface area contributed by atoms with Crippen LogP contribution in [0.3, 0.4) is 0 Å². The zero-order valence-electron chi connectivity index (χ0n) is 12.1. The third kappa shape index (κ3) is 6.22. The van der Waals surface area contributed by atoms with Gasteiger partial charge in [-0.2, -0.15) is 0 Å². The lowest BCUT2D eigenvalue weighted by Gasteiger charge is -2.06. The van der Waals surface area contributed by atoms with Gasteiger partial charge in [0, 0.05) is 35.3 Å². The van der Waals surface area contributed by atoms with Crippen LogP contribution in [0.5, 0.6) is 0 Å². The highest BCUT2D eigenvalue weighted by atomic mass is 79.9. The molecule has 0 saturated carbocycles. The maximum atomic E-state index is 5.01. The van der Waals surface area contributed by atoms with Crippen LogP contribution < -0.4 is 5.32 Å². The van der Waals surface area contributed by atoms with Crippen molar-refractivity contribution in [3.05, 3.63) is 64.1 Å². The Morgan fingerprint density at radius 1 is 1.10 bits per heavy atom. The number of hydrogen-bond donors (Lipinski definition) is 1. The van der Waals surface area contributed by atoms with Crippen molar-refractivity contribution in [2.75, 3.05) is 20.3 Å². The monoisotopic (exact) mass is 365 g/mol. The lowest BCUT2D eigenvalue weighted by molar-refractivity contribution is 0.199. The highest BCUT2D eigenvalue weighted by Crippen LogP contribution is 2.24. The molecule has 112 valence electrons. The summed E-state index contributed by atoms with van der Waals surface area (Å²) in [6, 6.07) is 17.2. The van der Waals surface area contributed by atoms with Crippen molar-refractivity contribution in [1.29, 1.82) is 0 Å². The molecule has 0 aliphatic carbocycles. The maximum Gasteiger partial charge on any atom is 0.0587 e. The molecule has 2 aromatic rings. The standard InChI is InChI=1S/C17H20BrNOS/c1-20-10-9-19-12-14-5-7-17(8-6-14)21-13-15-3-2-4-16(18)11-15/h2-8,11,19H,9-10,12-13H2,1H3. The molecule has 0 aliphatic heterocycles. The molecular formula is C17H20BrNOS. The Morgan fingerprint density at radius 3 is 2.62 bits per heavy atom. The van der Waals surface area contributed by atoms with Gasteiger partial charge >= 0.3 is 0 Å². The van der Waals surface area contributed by atoms with E-state index in [0.29, 0.717) is 0 Å². The second-order valence-electron chi connectivity index (χ2n) is 4.73. The Kier molecular flexibility index (Phi) is 7.30. The Balaban J connectivity index is 1.79. The first-order chi connectivity index (χ1) is 10.3. The van der Waals surface area contributed by atoms with Crippen molar-refractivity contribution in [1.82, 2.24) is 5.32 Å². The summed E-state index contributed by atoms with van der Waals surface area (Å²) in [5, 5.41) is 3.35. The summed E-state index contributed by atoms with van der Waals surface area (Å²) in [5.41, 5.74) is 2.64. The van der Waals surface area contributed by atoms with Gasteiger partial charge in [0.25, 0.3) is 0 Å². The van der Waals surface area contributed by atoms with Crippen LogP contribution in [0.15, 0.2) is 57.9 Å². The fraction of sp³-hybridized carbons (Fsp3) is 0.294. The SMILES string of the molecule is COCCNCc1ccc(SCc2cccc(Br)c2)cc1. The summed E-state index contributed by atoms with van der Waals surface area (Å²) in [6.07, 6.45) is 0. The molecule has 1 N–H and O–H groups in total. The van der Waals surface area contributed by atoms with E-state index in [1.165, 1.54) is 16.0 Å². The van der Waals surface area contributed by atoms with E-state index in [2.05, 4.69) is 69.8 Å². The highest BCUT2D eigenvalue weighted by Gasteiger charge is 1.98. The Morgan fingerprint density at radius 2 is 1.90 bits per heavy atom. The minimum atomic E-state index is 0.751. The quantitative estimate of drug-likeness (QED) is 0.550. The molecule has 0 heterocycles. The molecular weight excluding hydrogens is 346 g/mol. The largest absolute Gasteiger partial charge is 0.383 e. The van der Waals surface area contributed by atoms with Crippen molar-refractivity contribution in [2.45, 2.75) is 17.2 Å². The van der Waals surface area contributed by atoms with Crippen LogP contribution in [0.4, 0.5) is 0 Å². The van der Waals surface area contributed by atoms with Crippen LogP contribution >= 0.6 is 27.7 Å². The molecule has 0 spiro atoms. The predicted octanol–water partition coefficient (Wildman–Crippen LogP) is 4.48. The van der Waals surface area contributed by atoms with E-state index in [0.717, 1.165) is 29.9 Å².